The van der Waals surface area contributed by atoms with Gasteiger partial charge in [0, 0.05) is 6.54 Å². The monoisotopic (exact) mass is 294 g/mol. The van der Waals surface area contributed by atoms with E-state index in [1.54, 1.807) is 6.07 Å². The van der Waals surface area contributed by atoms with E-state index < -0.39 is 0 Å². The first-order valence-electron chi connectivity index (χ1n) is 7.47. The molecule has 21 heavy (non-hydrogen) atoms. The molecule has 1 aromatic carbocycles. The minimum atomic E-state index is -0.329. The van der Waals surface area contributed by atoms with Crippen molar-refractivity contribution in [3.05, 3.63) is 29.6 Å². The van der Waals surface area contributed by atoms with Crippen molar-refractivity contribution in [1.82, 2.24) is 10.6 Å². The van der Waals surface area contributed by atoms with Crippen LogP contribution in [0.4, 0.5) is 4.39 Å². The number of amides is 1. The maximum absolute atomic E-state index is 13.7. The van der Waals surface area contributed by atoms with Crippen molar-refractivity contribution < 1.29 is 13.9 Å². The van der Waals surface area contributed by atoms with Crippen LogP contribution in [0.3, 0.4) is 0 Å². The lowest BCUT2D eigenvalue weighted by atomic mass is 9.87. The largest absolute Gasteiger partial charge is 0.494 e. The number of rotatable bonds is 5. The first-order chi connectivity index (χ1) is 10.1. The molecule has 5 heteroatoms. The molecular formula is C16H23FN2O2. The van der Waals surface area contributed by atoms with E-state index in [1.807, 2.05) is 13.0 Å². The molecule has 1 aliphatic heterocycles. The van der Waals surface area contributed by atoms with Gasteiger partial charge in [0.2, 0.25) is 5.91 Å². The summed E-state index contributed by atoms with van der Waals surface area (Å²) in [4.78, 5) is 11.9. The number of benzene rings is 1. The summed E-state index contributed by atoms with van der Waals surface area (Å²) in [5, 5.41) is 6.09. The van der Waals surface area contributed by atoms with Crippen LogP contribution >= 0.6 is 0 Å². The van der Waals surface area contributed by atoms with E-state index in [4.69, 9.17) is 4.74 Å². The molecule has 116 valence electrons. The van der Waals surface area contributed by atoms with Crippen molar-refractivity contribution in [2.24, 2.45) is 5.92 Å². The summed E-state index contributed by atoms with van der Waals surface area (Å²) < 4.78 is 18.6. The Bertz CT molecular complexity index is 493. The highest BCUT2D eigenvalue weighted by Crippen LogP contribution is 2.24. The number of halogens is 1. The molecule has 2 unspecified atom stereocenters. The number of carbonyl (C=O) groups is 1. The molecule has 0 aliphatic carbocycles. The normalized spacial score (nSPS) is 21.9. The first kappa shape index (κ1) is 15.8. The molecule has 2 N–H and O–H groups in total. The number of hydrogen-bond donors (Lipinski definition) is 2. The fraction of sp³-hybridized carbons (Fsp3) is 0.562. The molecule has 4 nitrogen and oxygen atoms in total. The summed E-state index contributed by atoms with van der Waals surface area (Å²) in [6.45, 7) is 3.38. The lowest BCUT2D eigenvalue weighted by Gasteiger charge is -2.29. The third kappa shape index (κ3) is 4.17. The maximum atomic E-state index is 13.7. The van der Waals surface area contributed by atoms with E-state index in [2.05, 4.69) is 10.6 Å². The number of likely N-dealkylation sites (N-methyl/N-ethyl adjacent to an activating group) is 1. The predicted octanol–water partition coefficient (Wildman–Crippen LogP) is 1.88. The Kier molecular flexibility index (Phi) is 5.56. The number of piperidine rings is 1. The minimum absolute atomic E-state index is 0.0584. The summed E-state index contributed by atoms with van der Waals surface area (Å²) in [7, 11) is 1.46. The van der Waals surface area contributed by atoms with E-state index >= 15 is 0 Å². The fourth-order valence-corrected chi connectivity index (χ4v) is 2.85. The van der Waals surface area contributed by atoms with Crippen molar-refractivity contribution in [3.8, 4) is 5.75 Å². The smallest absolute Gasteiger partial charge is 0.237 e. The minimum Gasteiger partial charge on any atom is -0.494 e. The zero-order chi connectivity index (χ0) is 15.2. The van der Waals surface area contributed by atoms with E-state index in [9.17, 15) is 9.18 Å². The van der Waals surface area contributed by atoms with E-state index in [0.717, 1.165) is 31.4 Å². The highest BCUT2D eigenvalue weighted by molar-refractivity contribution is 5.81. The first-order valence-corrected chi connectivity index (χ1v) is 7.47. The fourth-order valence-electron chi connectivity index (χ4n) is 2.85. The predicted molar refractivity (Wildman–Crippen MR) is 79.9 cm³/mol. The molecule has 1 aromatic rings. The standard InChI is InChI=1S/C16H23FN2O2/c1-3-18-16(20)14-10-12(6-7-19-14)8-11-4-5-15(21-2)13(17)9-11/h4-5,9,12,14,19H,3,6-8,10H2,1-2H3,(H,18,20). The Morgan fingerprint density at radius 3 is 3.00 bits per heavy atom. The molecule has 1 heterocycles. The quantitative estimate of drug-likeness (QED) is 0.872. The third-order valence-electron chi connectivity index (χ3n) is 3.92. The average Bonchev–Trinajstić information content (AvgIpc) is 2.48. The van der Waals surface area contributed by atoms with Crippen LogP contribution in [0.5, 0.6) is 5.75 Å². The summed E-state index contributed by atoms with van der Waals surface area (Å²) in [5.74, 6) is 0.392. The van der Waals surface area contributed by atoms with Gasteiger partial charge in [0.15, 0.2) is 11.6 Å². The molecule has 2 atom stereocenters. The van der Waals surface area contributed by atoms with Gasteiger partial charge in [-0.05, 0) is 56.3 Å². The number of hydrogen-bond acceptors (Lipinski definition) is 3. The lowest BCUT2D eigenvalue weighted by molar-refractivity contribution is -0.123. The van der Waals surface area contributed by atoms with Gasteiger partial charge in [-0.15, -0.1) is 0 Å². The summed E-state index contributed by atoms with van der Waals surface area (Å²) in [6.07, 6.45) is 2.58. The number of nitrogens with one attached hydrogen (secondary N) is 2. The Morgan fingerprint density at radius 1 is 1.52 bits per heavy atom. The van der Waals surface area contributed by atoms with Gasteiger partial charge in [0.1, 0.15) is 0 Å². The molecule has 2 rings (SSSR count). The molecule has 0 saturated carbocycles. The van der Waals surface area contributed by atoms with Crippen molar-refractivity contribution in [2.45, 2.75) is 32.2 Å². The Morgan fingerprint density at radius 2 is 2.33 bits per heavy atom. The van der Waals surface area contributed by atoms with Crippen LogP contribution in [0.2, 0.25) is 0 Å². The Labute approximate surface area is 125 Å². The van der Waals surface area contributed by atoms with Gasteiger partial charge in [0.05, 0.1) is 13.2 Å². The number of carbonyl (C=O) groups excluding carboxylic acids is 1. The van der Waals surface area contributed by atoms with Crippen LogP contribution in [-0.2, 0) is 11.2 Å². The van der Waals surface area contributed by atoms with Gasteiger partial charge < -0.3 is 15.4 Å². The maximum Gasteiger partial charge on any atom is 0.237 e. The highest BCUT2D eigenvalue weighted by atomic mass is 19.1. The van der Waals surface area contributed by atoms with Crippen LogP contribution in [0.1, 0.15) is 25.3 Å². The molecule has 0 bridgehead atoms. The molecular weight excluding hydrogens is 271 g/mol. The summed E-state index contributed by atoms with van der Waals surface area (Å²) >= 11 is 0. The zero-order valence-corrected chi connectivity index (χ0v) is 12.6. The molecule has 0 aromatic heterocycles. The second kappa shape index (κ2) is 7.41. The van der Waals surface area contributed by atoms with Crippen molar-refractivity contribution in [1.29, 1.82) is 0 Å². The molecule has 0 spiro atoms. The number of methoxy groups -OCH3 is 1. The second-order valence-corrected chi connectivity index (χ2v) is 5.46. The van der Waals surface area contributed by atoms with E-state index in [-0.39, 0.29) is 23.5 Å². The molecule has 1 amide bonds. The third-order valence-corrected chi connectivity index (χ3v) is 3.92. The SMILES string of the molecule is CCNC(=O)C1CC(Cc2ccc(OC)c(F)c2)CCN1. The average molecular weight is 294 g/mol. The highest BCUT2D eigenvalue weighted by Gasteiger charge is 2.26. The zero-order valence-electron chi connectivity index (χ0n) is 12.6. The van der Waals surface area contributed by atoms with Gasteiger partial charge in [0.25, 0.3) is 0 Å². The van der Waals surface area contributed by atoms with Crippen molar-refractivity contribution >= 4 is 5.91 Å². The van der Waals surface area contributed by atoms with Crippen LogP contribution < -0.4 is 15.4 Å². The van der Waals surface area contributed by atoms with Gasteiger partial charge in [-0.1, -0.05) is 6.07 Å². The Balaban J connectivity index is 1.96. The van der Waals surface area contributed by atoms with Crippen LogP contribution in [-0.4, -0.2) is 32.1 Å². The van der Waals surface area contributed by atoms with Crippen LogP contribution in [0.25, 0.3) is 0 Å². The van der Waals surface area contributed by atoms with Gasteiger partial charge in [-0.25, -0.2) is 4.39 Å². The van der Waals surface area contributed by atoms with Gasteiger partial charge >= 0.3 is 0 Å². The van der Waals surface area contributed by atoms with Crippen molar-refractivity contribution in [3.63, 3.8) is 0 Å². The molecule has 0 radical (unpaired) electrons. The van der Waals surface area contributed by atoms with Crippen molar-refractivity contribution in [2.75, 3.05) is 20.2 Å². The van der Waals surface area contributed by atoms with E-state index in [0.29, 0.717) is 12.5 Å². The van der Waals surface area contributed by atoms with Crippen LogP contribution in [0.15, 0.2) is 18.2 Å². The molecule has 1 aliphatic rings. The van der Waals surface area contributed by atoms with E-state index in [1.165, 1.54) is 13.2 Å². The molecule has 1 saturated heterocycles. The summed E-state index contributed by atoms with van der Waals surface area (Å²) in [6, 6.07) is 4.95. The van der Waals surface area contributed by atoms with Crippen LogP contribution in [0, 0.1) is 11.7 Å². The lowest BCUT2D eigenvalue weighted by Crippen LogP contribution is -2.48. The van der Waals surface area contributed by atoms with Gasteiger partial charge in [-0.3, -0.25) is 4.79 Å². The number of ether oxygens (including phenoxy) is 1. The topological polar surface area (TPSA) is 50.4 Å². The summed E-state index contributed by atoms with van der Waals surface area (Å²) in [5.41, 5.74) is 0.954. The second-order valence-electron chi connectivity index (χ2n) is 5.46. The van der Waals surface area contributed by atoms with Gasteiger partial charge in [-0.2, -0.15) is 0 Å². The molecule has 1 fully saturated rings. The Hall–Kier alpha value is -1.62.